The minimum Gasteiger partial charge on any atom is -0.120 e. The van der Waals surface area contributed by atoms with Crippen LogP contribution in [-0.4, -0.2) is 0 Å². The Kier molecular flexibility index (Phi) is 5.12. The fourth-order valence-corrected chi connectivity index (χ4v) is 2.29. The zero-order chi connectivity index (χ0) is 12.0. The Morgan fingerprint density at radius 2 is 1.69 bits per heavy atom. The summed E-state index contributed by atoms with van der Waals surface area (Å²) in [6.45, 7) is 6.65. The fraction of sp³-hybridized carbons (Fsp3) is 0.500. The average molecular weight is 214 g/mol. The first-order valence-electron chi connectivity index (χ1n) is 6.27. The van der Waals surface area contributed by atoms with Gasteiger partial charge in [0.15, 0.2) is 0 Å². The molecular weight excluding hydrogens is 192 g/mol. The van der Waals surface area contributed by atoms with Gasteiger partial charge in [-0.3, -0.25) is 0 Å². The van der Waals surface area contributed by atoms with E-state index in [1.54, 1.807) is 5.56 Å². The molecule has 16 heavy (non-hydrogen) atoms. The maximum absolute atomic E-state index is 5.31. The van der Waals surface area contributed by atoms with Crippen LogP contribution < -0.4 is 0 Å². The van der Waals surface area contributed by atoms with Crippen LogP contribution in [0.15, 0.2) is 12.1 Å². The van der Waals surface area contributed by atoms with Crippen molar-refractivity contribution in [1.82, 2.24) is 0 Å². The second-order valence-electron chi connectivity index (χ2n) is 4.33. The average Bonchev–Trinajstić information content (AvgIpc) is 2.30. The van der Waals surface area contributed by atoms with Crippen molar-refractivity contribution in [2.75, 3.05) is 0 Å². The standard InChI is InChI=1S/C16H22/c1-5-8-9-10-16-14(6-2)11-13(4)12-15(16)7-3/h1,11-12H,6-10H2,2-4H3. The molecule has 0 unspecified atom stereocenters. The molecule has 1 aromatic rings. The highest BCUT2D eigenvalue weighted by Crippen LogP contribution is 2.21. The van der Waals surface area contributed by atoms with Crippen molar-refractivity contribution in [3.8, 4) is 12.3 Å². The molecule has 0 radical (unpaired) electrons. The zero-order valence-electron chi connectivity index (χ0n) is 10.8. The Labute approximate surface area is 100 Å². The van der Waals surface area contributed by atoms with E-state index in [9.17, 15) is 0 Å². The highest BCUT2D eigenvalue weighted by molar-refractivity contribution is 5.39. The minimum absolute atomic E-state index is 0.889. The predicted molar refractivity (Wildman–Crippen MR) is 71.7 cm³/mol. The number of aryl methyl sites for hydroxylation is 3. The highest BCUT2D eigenvalue weighted by atomic mass is 14.1. The molecule has 0 N–H and O–H groups in total. The van der Waals surface area contributed by atoms with E-state index >= 15 is 0 Å². The van der Waals surface area contributed by atoms with Gasteiger partial charge in [-0.25, -0.2) is 0 Å². The van der Waals surface area contributed by atoms with E-state index < -0.39 is 0 Å². The Hall–Kier alpha value is -1.22. The van der Waals surface area contributed by atoms with Crippen molar-refractivity contribution >= 4 is 0 Å². The minimum atomic E-state index is 0.889. The van der Waals surface area contributed by atoms with E-state index in [-0.39, 0.29) is 0 Å². The maximum atomic E-state index is 5.31. The van der Waals surface area contributed by atoms with Crippen LogP contribution in [0.4, 0.5) is 0 Å². The molecule has 0 nitrogen and oxygen atoms in total. The summed E-state index contributed by atoms with van der Waals surface area (Å²) in [6.07, 6.45) is 10.7. The molecule has 0 aromatic heterocycles. The van der Waals surface area contributed by atoms with Gasteiger partial charge in [0.2, 0.25) is 0 Å². The van der Waals surface area contributed by atoms with Crippen LogP contribution in [0.2, 0.25) is 0 Å². The fourth-order valence-electron chi connectivity index (χ4n) is 2.29. The van der Waals surface area contributed by atoms with Crippen LogP contribution in [-0.2, 0) is 19.3 Å². The van der Waals surface area contributed by atoms with Crippen LogP contribution in [0.5, 0.6) is 0 Å². The Morgan fingerprint density at radius 1 is 1.12 bits per heavy atom. The molecule has 0 spiro atoms. The van der Waals surface area contributed by atoms with Crippen LogP contribution in [0, 0.1) is 19.3 Å². The summed E-state index contributed by atoms with van der Waals surface area (Å²) in [4.78, 5) is 0. The first kappa shape index (κ1) is 12.8. The predicted octanol–water partition coefficient (Wildman–Crippen LogP) is 4.08. The summed E-state index contributed by atoms with van der Waals surface area (Å²) in [5.41, 5.74) is 5.95. The number of benzene rings is 1. The van der Waals surface area contributed by atoms with E-state index in [1.807, 2.05) is 0 Å². The molecule has 0 saturated heterocycles. The lowest BCUT2D eigenvalue weighted by atomic mass is 9.91. The van der Waals surface area contributed by atoms with Crippen LogP contribution >= 0.6 is 0 Å². The second kappa shape index (κ2) is 6.38. The van der Waals surface area contributed by atoms with Gasteiger partial charge < -0.3 is 0 Å². The topological polar surface area (TPSA) is 0 Å². The largest absolute Gasteiger partial charge is 0.120 e. The monoisotopic (exact) mass is 214 g/mol. The molecule has 0 aliphatic carbocycles. The lowest BCUT2D eigenvalue weighted by Gasteiger charge is -2.14. The van der Waals surface area contributed by atoms with Gasteiger partial charge in [-0.05, 0) is 49.3 Å². The lowest BCUT2D eigenvalue weighted by Crippen LogP contribution is -2.00. The van der Waals surface area contributed by atoms with E-state index in [2.05, 4.69) is 38.8 Å². The van der Waals surface area contributed by atoms with E-state index in [0.717, 1.165) is 32.1 Å². The number of rotatable bonds is 5. The van der Waals surface area contributed by atoms with Crippen molar-refractivity contribution in [3.63, 3.8) is 0 Å². The molecule has 0 bridgehead atoms. The summed E-state index contributed by atoms with van der Waals surface area (Å²) >= 11 is 0. The summed E-state index contributed by atoms with van der Waals surface area (Å²) < 4.78 is 0. The number of hydrogen-bond acceptors (Lipinski definition) is 0. The van der Waals surface area contributed by atoms with E-state index in [1.165, 1.54) is 16.7 Å². The van der Waals surface area contributed by atoms with Gasteiger partial charge in [-0.1, -0.05) is 31.5 Å². The molecule has 0 aliphatic rings. The lowest BCUT2D eigenvalue weighted by molar-refractivity contribution is 0.829. The molecule has 0 heterocycles. The zero-order valence-corrected chi connectivity index (χ0v) is 10.8. The smallest absolute Gasteiger partial charge is 0.00892 e. The van der Waals surface area contributed by atoms with Crippen molar-refractivity contribution in [3.05, 3.63) is 34.4 Å². The summed E-state index contributed by atoms with van der Waals surface area (Å²) in [7, 11) is 0. The summed E-state index contributed by atoms with van der Waals surface area (Å²) in [5.74, 6) is 2.72. The van der Waals surface area contributed by atoms with Gasteiger partial charge in [0.25, 0.3) is 0 Å². The first-order chi connectivity index (χ1) is 7.72. The van der Waals surface area contributed by atoms with Crippen molar-refractivity contribution in [2.24, 2.45) is 0 Å². The molecule has 0 aliphatic heterocycles. The van der Waals surface area contributed by atoms with E-state index in [0.29, 0.717) is 0 Å². The number of hydrogen-bond donors (Lipinski definition) is 0. The third-order valence-corrected chi connectivity index (χ3v) is 3.09. The quantitative estimate of drug-likeness (QED) is 0.512. The van der Waals surface area contributed by atoms with Gasteiger partial charge in [-0.15, -0.1) is 12.3 Å². The summed E-state index contributed by atoms with van der Waals surface area (Å²) in [5, 5.41) is 0. The molecule has 1 aromatic carbocycles. The SMILES string of the molecule is C#CCCCc1c(CC)cc(C)cc1CC. The van der Waals surface area contributed by atoms with Gasteiger partial charge >= 0.3 is 0 Å². The molecule has 0 heteroatoms. The van der Waals surface area contributed by atoms with Crippen molar-refractivity contribution in [1.29, 1.82) is 0 Å². The van der Waals surface area contributed by atoms with Crippen LogP contribution in [0.1, 0.15) is 48.9 Å². The highest BCUT2D eigenvalue weighted by Gasteiger charge is 2.07. The Morgan fingerprint density at radius 3 is 2.12 bits per heavy atom. The Bertz CT molecular complexity index is 355. The van der Waals surface area contributed by atoms with Crippen molar-refractivity contribution < 1.29 is 0 Å². The molecule has 0 amide bonds. The van der Waals surface area contributed by atoms with Crippen LogP contribution in [0.3, 0.4) is 0 Å². The molecule has 1 rings (SSSR count). The molecule has 0 atom stereocenters. The number of unbranched alkanes of at least 4 members (excludes halogenated alkanes) is 1. The Balaban J connectivity index is 2.98. The van der Waals surface area contributed by atoms with Gasteiger partial charge in [0, 0.05) is 6.42 Å². The van der Waals surface area contributed by atoms with Crippen molar-refractivity contribution in [2.45, 2.75) is 52.9 Å². The number of terminal acetylenes is 1. The third kappa shape index (κ3) is 3.14. The van der Waals surface area contributed by atoms with E-state index in [4.69, 9.17) is 6.42 Å². The van der Waals surface area contributed by atoms with Gasteiger partial charge in [0.05, 0.1) is 0 Å². The second-order valence-corrected chi connectivity index (χ2v) is 4.33. The maximum Gasteiger partial charge on any atom is 0.00892 e. The summed E-state index contributed by atoms with van der Waals surface area (Å²) in [6, 6.07) is 4.65. The molecule has 0 saturated carbocycles. The molecular formula is C16H22. The molecule has 86 valence electrons. The third-order valence-electron chi connectivity index (χ3n) is 3.09. The van der Waals surface area contributed by atoms with Crippen LogP contribution in [0.25, 0.3) is 0 Å². The van der Waals surface area contributed by atoms with Gasteiger partial charge in [-0.2, -0.15) is 0 Å². The first-order valence-corrected chi connectivity index (χ1v) is 6.27. The molecule has 0 fully saturated rings. The normalized spacial score (nSPS) is 10.1. The van der Waals surface area contributed by atoms with Gasteiger partial charge in [0.1, 0.15) is 0 Å².